The number of rotatable bonds is 2. The Morgan fingerprint density at radius 1 is 1.31 bits per heavy atom. The molecule has 0 aromatic carbocycles. The van der Waals surface area contributed by atoms with Gasteiger partial charge in [-0.15, -0.1) is 0 Å². The summed E-state index contributed by atoms with van der Waals surface area (Å²) in [5.41, 5.74) is 0.597. The number of aromatic nitrogens is 1. The topological polar surface area (TPSA) is 55.1 Å². The molecule has 0 unspecified atom stereocenters. The average Bonchev–Trinajstić information content (AvgIpc) is 2.68. The molecule has 2 heterocycles. The van der Waals surface area contributed by atoms with Crippen molar-refractivity contribution in [2.24, 2.45) is 0 Å². The zero-order valence-corrected chi connectivity index (χ0v) is 11.1. The van der Waals surface area contributed by atoms with E-state index in [2.05, 4.69) is 42.2 Å². The van der Waals surface area contributed by atoms with Crippen molar-refractivity contribution in [1.82, 2.24) is 4.98 Å². The number of halogens is 2. The van der Waals surface area contributed by atoms with Gasteiger partial charge < -0.3 is 9.73 Å². The van der Waals surface area contributed by atoms with Crippen LogP contribution in [0.4, 0.5) is 5.69 Å². The average molecular weight is 346 g/mol. The molecule has 4 nitrogen and oxygen atoms in total. The van der Waals surface area contributed by atoms with Crippen molar-refractivity contribution < 1.29 is 9.21 Å². The third-order valence-corrected chi connectivity index (χ3v) is 2.86. The van der Waals surface area contributed by atoms with Crippen LogP contribution in [0.3, 0.4) is 0 Å². The summed E-state index contributed by atoms with van der Waals surface area (Å²) in [5.74, 6) is -0.0815. The molecule has 2 aromatic rings. The van der Waals surface area contributed by atoms with Crippen molar-refractivity contribution in [3.8, 4) is 0 Å². The Balaban J connectivity index is 2.17. The number of furan rings is 1. The molecule has 2 rings (SSSR count). The van der Waals surface area contributed by atoms with Crippen LogP contribution in [-0.2, 0) is 0 Å². The summed E-state index contributed by atoms with van der Waals surface area (Å²) in [4.78, 5) is 15.7. The van der Waals surface area contributed by atoms with E-state index < -0.39 is 0 Å². The van der Waals surface area contributed by atoms with Crippen LogP contribution in [0.5, 0.6) is 0 Å². The van der Waals surface area contributed by atoms with E-state index in [9.17, 15) is 4.79 Å². The maximum absolute atomic E-state index is 11.7. The summed E-state index contributed by atoms with van der Waals surface area (Å²) in [6, 6.07) is 6.72. The molecular formula is C10H6Br2N2O2. The highest BCUT2D eigenvalue weighted by Gasteiger charge is 2.11. The van der Waals surface area contributed by atoms with Crippen LogP contribution in [0, 0.1) is 0 Å². The van der Waals surface area contributed by atoms with Crippen LogP contribution in [0.1, 0.15) is 10.6 Å². The fourth-order valence-electron chi connectivity index (χ4n) is 1.10. The lowest BCUT2D eigenvalue weighted by Gasteiger charge is -2.03. The van der Waals surface area contributed by atoms with Crippen molar-refractivity contribution in [2.45, 2.75) is 0 Å². The monoisotopic (exact) mass is 344 g/mol. The molecule has 0 aliphatic heterocycles. The number of nitrogens with one attached hydrogen (secondary N) is 1. The Morgan fingerprint density at radius 2 is 2.12 bits per heavy atom. The molecule has 82 valence electrons. The zero-order chi connectivity index (χ0) is 11.5. The Hall–Kier alpha value is -1.14. The molecule has 1 N–H and O–H groups in total. The molecule has 6 heteroatoms. The lowest BCUT2D eigenvalue weighted by molar-refractivity contribution is 0.0995. The van der Waals surface area contributed by atoms with E-state index in [1.165, 1.54) is 0 Å². The van der Waals surface area contributed by atoms with Gasteiger partial charge in [0.15, 0.2) is 10.4 Å². The second kappa shape index (κ2) is 4.80. The van der Waals surface area contributed by atoms with Crippen LogP contribution < -0.4 is 5.32 Å². The number of hydrogen-bond donors (Lipinski definition) is 1. The molecule has 0 saturated heterocycles. The second-order valence-electron chi connectivity index (χ2n) is 2.90. The summed E-state index contributed by atoms with van der Waals surface area (Å²) >= 11 is 6.37. The highest BCUT2D eigenvalue weighted by molar-refractivity contribution is 9.10. The Morgan fingerprint density at radius 3 is 2.75 bits per heavy atom. The molecular weight excluding hydrogens is 340 g/mol. The number of carbonyl (C=O) groups is 1. The van der Waals surface area contributed by atoms with Gasteiger partial charge in [-0.25, -0.2) is 4.98 Å². The van der Waals surface area contributed by atoms with Gasteiger partial charge in [-0.05, 0) is 56.1 Å². The van der Waals surface area contributed by atoms with E-state index in [4.69, 9.17) is 4.42 Å². The van der Waals surface area contributed by atoms with Crippen LogP contribution in [0.25, 0.3) is 0 Å². The second-order valence-corrected chi connectivity index (χ2v) is 4.43. The van der Waals surface area contributed by atoms with Gasteiger partial charge in [0.1, 0.15) is 4.60 Å². The van der Waals surface area contributed by atoms with Gasteiger partial charge in [0.25, 0.3) is 5.91 Å². The summed E-state index contributed by atoms with van der Waals surface area (Å²) in [6.45, 7) is 0. The van der Waals surface area contributed by atoms with Crippen molar-refractivity contribution in [3.63, 3.8) is 0 Å². The van der Waals surface area contributed by atoms with Crippen molar-refractivity contribution in [3.05, 3.63) is 45.5 Å². The molecule has 0 spiro atoms. The van der Waals surface area contributed by atoms with Crippen LogP contribution in [-0.4, -0.2) is 10.9 Å². The summed E-state index contributed by atoms with van der Waals surface area (Å²) < 4.78 is 6.22. The van der Waals surface area contributed by atoms with Crippen LogP contribution in [0.2, 0.25) is 0 Å². The molecule has 0 aliphatic carbocycles. The third-order valence-electron chi connectivity index (χ3n) is 1.80. The fraction of sp³-hybridized carbons (Fsp3) is 0. The molecule has 0 saturated carbocycles. The zero-order valence-electron chi connectivity index (χ0n) is 7.91. The van der Waals surface area contributed by atoms with Crippen molar-refractivity contribution >= 4 is 43.5 Å². The van der Waals surface area contributed by atoms with Crippen LogP contribution in [0.15, 0.2) is 44.2 Å². The summed E-state index contributed by atoms with van der Waals surface area (Å²) in [5, 5.41) is 2.68. The number of nitrogens with zero attached hydrogens (tertiary/aromatic N) is 1. The van der Waals surface area contributed by atoms with Gasteiger partial charge in [-0.2, -0.15) is 0 Å². The molecule has 0 aliphatic rings. The summed E-state index contributed by atoms with van der Waals surface area (Å²) in [6.07, 6.45) is 1.63. The van der Waals surface area contributed by atoms with Gasteiger partial charge in [0, 0.05) is 6.20 Å². The molecule has 1 amide bonds. The van der Waals surface area contributed by atoms with Crippen LogP contribution >= 0.6 is 31.9 Å². The molecule has 2 aromatic heterocycles. The maximum Gasteiger partial charge on any atom is 0.291 e. The minimum Gasteiger partial charge on any atom is -0.444 e. The number of anilines is 1. The summed E-state index contributed by atoms with van der Waals surface area (Å²) in [7, 11) is 0. The fourth-order valence-corrected chi connectivity index (χ4v) is 1.76. The van der Waals surface area contributed by atoms with Gasteiger partial charge in [-0.3, -0.25) is 4.79 Å². The minimum atomic E-state index is -0.320. The quantitative estimate of drug-likeness (QED) is 0.848. The minimum absolute atomic E-state index is 0.239. The van der Waals surface area contributed by atoms with E-state index in [1.54, 1.807) is 30.5 Å². The smallest absolute Gasteiger partial charge is 0.291 e. The van der Waals surface area contributed by atoms with E-state index in [1.807, 2.05) is 0 Å². The van der Waals surface area contributed by atoms with E-state index in [-0.39, 0.29) is 11.7 Å². The SMILES string of the molecule is O=C(Nc1cccnc1Br)c1ccc(Br)o1. The van der Waals surface area contributed by atoms with Crippen molar-refractivity contribution in [1.29, 1.82) is 0 Å². The maximum atomic E-state index is 11.7. The van der Waals surface area contributed by atoms with E-state index >= 15 is 0 Å². The highest BCUT2D eigenvalue weighted by Crippen LogP contribution is 2.20. The predicted molar refractivity (Wildman–Crippen MR) is 66.3 cm³/mol. The molecule has 16 heavy (non-hydrogen) atoms. The Kier molecular flexibility index (Phi) is 3.40. The van der Waals surface area contributed by atoms with E-state index in [0.29, 0.717) is 15.0 Å². The standard InChI is InChI=1S/C10H6Br2N2O2/c11-8-4-3-7(16-8)10(15)14-6-2-1-5-13-9(6)12/h1-5H,(H,14,15). The highest BCUT2D eigenvalue weighted by atomic mass is 79.9. The molecule has 0 atom stereocenters. The third kappa shape index (κ3) is 2.51. The predicted octanol–water partition coefficient (Wildman–Crippen LogP) is 3.45. The Bertz CT molecular complexity index is 525. The first-order chi connectivity index (χ1) is 7.66. The number of amides is 1. The number of hydrogen-bond acceptors (Lipinski definition) is 3. The molecule has 0 radical (unpaired) electrons. The normalized spacial score (nSPS) is 10.1. The first kappa shape index (κ1) is 11.3. The lowest BCUT2D eigenvalue weighted by atomic mass is 10.4. The van der Waals surface area contributed by atoms with Gasteiger partial charge in [0.05, 0.1) is 5.69 Å². The lowest BCUT2D eigenvalue weighted by Crippen LogP contribution is -2.11. The van der Waals surface area contributed by atoms with Gasteiger partial charge >= 0.3 is 0 Å². The largest absolute Gasteiger partial charge is 0.444 e. The first-order valence-electron chi connectivity index (χ1n) is 4.34. The number of pyridine rings is 1. The van der Waals surface area contributed by atoms with Gasteiger partial charge in [-0.1, -0.05) is 0 Å². The molecule has 0 bridgehead atoms. The molecule has 0 fully saturated rings. The van der Waals surface area contributed by atoms with Gasteiger partial charge in [0.2, 0.25) is 0 Å². The van der Waals surface area contributed by atoms with Crippen molar-refractivity contribution in [2.75, 3.05) is 5.32 Å². The number of carbonyl (C=O) groups excluding carboxylic acids is 1. The Labute approximate surface area is 108 Å². The first-order valence-corrected chi connectivity index (χ1v) is 5.92. The van der Waals surface area contributed by atoms with E-state index in [0.717, 1.165) is 0 Å².